The van der Waals surface area contributed by atoms with Crippen LogP contribution in [0.5, 0.6) is 0 Å². The molecule has 3 heterocycles. The van der Waals surface area contributed by atoms with E-state index < -0.39 is 5.60 Å². The summed E-state index contributed by atoms with van der Waals surface area (Å²) < 4.78 is 6.64. The zero-order valence-electron chi connectivity index (χ0n) is 11.8. The molecule has 2 fully saturated rings. The largest absolute Gasteiger partial charge is 0.390 e. The number of hydrogen-bond donors (Lipinski definition) is 1. The fourth-order valence-electron chi connectivity index (χ4n) is 3.44. The average Bonchev–Trinajstić information content (AvgIpc) is 2.87. The molecule has 110 valence electrons. The molecule has 0 bridgehead atoms. The van der Waals surface area contributed by atoms with Crippen LogP contribution in [0.1, 0.15) is 26.2 Å². The highest BCUT2D eigenvalue weighted by molar-refractivity contribution is 9.10. The Morgan fingerprint density at radius 1 is 1.55 bits per heavy atom. The van der Waals surface area contributed by atoms with Crippen LogP contribution in [-0.4, -0.2) is 41.5 Å². The second-order valence-corrected chi connectivity index (χ2v) is 6.85. The Morgan fingerprint density at radius 3 is 3.15 bits per heavy atom. The summed E-state index contributed by atoms with van der Waals surface area (Å²) in [4.78, 5) is 6.84. The topological polar surface area (TPSA) is 45.6 Å². The number of aromatic nitrogens is 1. The van der Waals surface area contributed by atoms with E-state index in [1.165, 1.54) is 0 Å². The molecule has 1 aromatic rings. The fraction of sp³-hybridized carbons (Fsp3) is 0.667. The molecule has 0 spiro atoms. The Hall–Kier alpha value is -0.650. The minimum atomic E-state index is -0.646. The maximum atomic E-state index is 10.7. The Kier molecular flexibility index (Phi) is 4.02. The molecule has 0 aliphatic carbocycles. The Morgan fingerprint density at radius 2 is 2.40 bits per heavy atom. The Labute approximate surface area is 128 Å². The number of aliphatic hydroxyl groups is 1. The van der Waals surface area contributed by atoms with Crippen molar-refractivity contribution in [1.82, 2.24) is 4.98 Å². The van der Waals surface area contributed by atoms with Crippen LogP contribution in [0.15, 0.2) is 22.8 Å². The lowest BCUT2D eigenvalue weighted by Crippen LogP contribution is -2.52. The highest BCUT2D eigenvalue weighted by Gasteiger charge is 2.44. The van der Waals surface area contributed by atoms with Crippen molar-refractivity contribution in [3.63, 3.8) is 0 Å². The highest BCUT2D eigenvalue weighted by Crippen LogP contribution is 2.39. The first-order valence-electron chi connectivity index (χ1n) is 7.27. The van der Waals surface area contributed by atoms with Crippen molar-refractivity contribution in [2.45, 2.75) is 37.8 Å². The van der Waals surface area contributed by atoms with Gasteiger partial charge in [-0.3, -0.25) is 0 Å². The van der Waals surface area contributed by atoms with Crippen molar-refractivity contribution in [2.24, 2.45) is 5.92 Å². The van der Waals surface area contributed by atoms with Gasteiger partial charge in [0.1, 0.15) is 5.82 Å². The number of hydrogen-bond acceptors (Lipinski definition) is 4. The van der Waals surface area contributed by atoms with E-state index in [1.54, 1.807) is 0 Å². The van der Waals surface area contributed by atoms with E-state index in [-0.39, 0.29) is 5.92 Å². The summed E-state index contributed by atoms with van der Waals surface area (Å²) in [7, 11) is 0. The maximum Gasteiger partial charge on any atom is 0.143 e. The van der Waals surface area contributed by atoms with Crippen LogP contribution in [0.4, 0.5) is 5.82 Å². The molecule has 0 radical (unpaired) electrons. The van der Waals surface area contributed by atoms with Crippen molar-refractivity contribution in [2.75, 3.05) is 24.7 Å². The fourth-order valence-corrected chi connectivity index (χ4v) is 3.92. The number of halogens is 1. The Balaban J connectivity index is 1.87. The van der Waals surface area contributed by atoms with Gasteiger partial charge < -0.3 is 14.7 Å². The van der Waals surface area contributed by atoms with Crippen molar-refractivity contribution in [1.29, 1.82) is 0 Å². The average molecular weight is 341 g/mol. The SMILES string of the molecule is CC1(O)CCOCC1C1CCCN1c1ncccc1Br. The standard InChI is InChI=1S/C15H21BrN2O2/c1-15(19)6-9-20-10-11(15)13-5-3-8-18(13)14-12(16)4-2-7-17-14/h2,4,7,11,13,19H,3,5-6,8-10H2,1H3. The summed E-state index contributed by atoms with van der Waals surface area (Å²) in [6, 6.07) is 4.25. The third kappa shape index (κ3) is 2.59. The highest BCUT2D eigenvalue weighted by atomic mass is 79.9. The minimum absolute atomic E-state index is 0.146. The molecule has 20 heavy (non-hydrogen) atoms. The zero-order chi connectivity index (χ0) is 14.2. The molecule has 0 saturated carbocycles. The second kappa shape index (κ2) is 5.62. The smallest absolute Gasteiger partial charge is 0.143 e. The first-order valence-corrected chi connectivity index (χ1v) is 8.06. The summed E-state index contributed by atoms with van der Waals surface area (Å²) in [6.07, 6.45) is 4.77. The molecule has 2 aliphatic rings. The van der Waals surface area contributed by atoms with Crippen LogP contribution < -0.4 is 4.90 Å². The van der Waals surface area contributed by atoms with Crippen molar-refractivity contribution >= 4 is 21.7 Å². The summed E-state index contributed by atoms with van der Waals surface area (Å²) in [5, 5.41) is 10.7. The van der Waals surface area contributed by atoms with Gasteiger partial charge in [-0.15, -0.1) is 0 Å². The van der Waals surface area contributed by atoms with Crippen LogP contribution in [0.3, 0.4) is 0 Å². The van der Waals surface area contributed by atoms with E-state index in [2.05, 4.69) is 25.8 Å². The van der Waals surface area contributed by atoms with Crippen LogP contribution in [0, 0.1) is 5.92 Å². The van der Waals surface area contributed by atoms with E-state index in [1.807, 2.05) is 25.3 Å². The molecule has 4 nitrogen and oxygen atoms in total. The van der Waals surface area contributed by atoms with E-state index in [0.29, 0.717) is 25.7 Å². The number of ether oxygens (including phenoxy) is 1. The number of rotatable bonds is 2. The lowest BCUT2D eigenvalue weighted by Gasteiger charge is -2.43. The molecular weight excluding hydrogens is 320 g/mol. The third-order valence-electron chi connectivity index (χ3n) is 4.62. The predicted octanol–water partition coefficient (Wildman–Crippen LogP) is 2.60. The molecule has 0 amide bonds. The Bertz CT molecular complexity index is 481. The van der Waals surface area contributed by atoms with E-state index >= 15 is 0 Å². The molecule has 3 atom stereocenters. The number of nitrogens with zero attached hydrogens (tertiary/aromatic N) is 2. The van der Waals surface area contributed by atoms with Gasteiger partial charge in [-0.1, -0.05) is 0 Å². The van der Waals surface area contributed by atoms with Crippen molar-refractivity contribution in [3.8, 4) is 0 Å². The summed E-state index contributed by atoms with van der Waals surface area (Å²) in [5.41, 5.74) is -0.646. The molecule has 3 unspecified atom stereocenters. The van der Waals surface area contributed by atoms with Gasteiger partial charge in [0.05, 0.1) is 16.7 Å². The van der Waals surface area contributed by atoms with Gasteiger partial charge in [-0.05, 0) is 54.2 Å². The molecule has 2 aliphatic heterocycles. The maximum absolute atomic E-state index is 10.7. The van der Waals surface area contributed by atoms with Crippen LogP contribution in [-0.2, 0) is 4.74 Å². The van der Waals surface area contributed by atoms with E-state index in [4.69, 9.17) is 4.74 Å². The molecular formula is C15H21BrN2O2. The summed E-state index contributed by atoms with van der Waals surface area (Å²) in [6.45, 7) is 4.24. The zero-order valence-corrected chi connectivity index (χ0v) is 13.3. The predicted molar refractivity (Wildman–Crippen MR) is 81.9 cm³/mol. The van der Waals surface area contributed by atoms with Gasteiger partial charge in [-0.2, -0.15) is 0 Å². The normalized spacial score (nSPS) is 34.5. The van der Waals surface area contributed by atoms with Gasteiger partial charge in [0, 0.05) is 31.3 Å². The quantitative estimate of drug-likeness (QED) is 0.898. The molecule has 1 N–H and O–H groups in total. The first kappa shape index (κ1) is 14.3. The molecule has 1 aromatic heterocycles. The van der Waals surface area contributed by atoms with E-state index in [0.717, 1.165) is 29.7 Å². The number of anilines is 1. The van der Waals surface area contributed by atoms with Crippen molar-refractivity contribution < 1.29 is 9.84 Å². The van der Waals surface area contributed by atoms with E-state index in [9.17, 15) is 5.11 Å². The lowest BCUT2D eigenvalue weighted by molar-refractivity contribution is -0.108. The third-order valence-corrected chi connectivity index (χ3v) is 5.24. The molecule has 5 heteroatoms. The molecule has 0 aromatic carbocycles. The van der Waals surface area contributed by atoms with Gasteiger partial charge in [0.15, 0.2) is 0 Å². The van der Waals surface area contributed by atoms with Crippen LogP contribution >= 0.6 is 15.9 Å². The van der Waals surface area contributed by atoms with Crippen LogP contribution in [0.2, 0.25) is 0 Å². The monoisotopic (exact) mass is 340 g/mol. The van der Waals surface area contributed by atoms with Gasteiger partial charge >= 0.3 is 0 Å². The van der Waals surface area contributed by atoms with Crippen molar-refractivity contribution in [3.05, 3.63) is 22.8 Å². The second-order valence-electron chi connectivity index (χ2n) is 6.00. The minimum Gasteiger partial charge on any atom is -0.390 e. The van der Waals surface area contributed by atoms with Gasteiger partial charge in [-0.25, -0.2) is 4.98 Å². The summed E-state index contributed by atoms with van der Waals surface area (Å²) in [5.74, 6) is 1.13. The molecule has 3 rings (SSSR count). The molecule has 2 saturated heterocycles. The number of pyridine rings is 1. The lowest BCUT2D eigenvalue weighted by atomic mass is 9.79. The van der Waals surface area contributed by atoms with Gasteiger partial charge in [0.2, 0.25) is 0 Å². The first-order chi connectivity index (χ1) is 9.59. The van der Waals surface area contributed by atoms with Gasteiger partial charge in [0.25, 0.3) is 0 Å². The summed E-state index contributed by atoms with van der Waals surface area (Å²) >= 11 is 3.59. The van der Waals surface area contributed by atoms with Crippen LogP contribution in [0.25, 0.3) is 0 Å².